The number of rotatable bonds is 4. The first-order valence-corrected chi connectivity index (χ1v) is 7.35. The molecule has 7 nitrogen and oxygen atoms in total. The summed E-state index contributed by atoms with van der Waals surface area (Å²) in [5.74, 6) is 3.48. The number of nitrogens with two attached hydrogens (primary N) is 1. The van der Waals surface area contributed by atoms with Crippen molar-refractivity contribution in [2.24, 2.45) is 0 Å². The Balaban J connectivity index is 2.07. The van der Waals surface area contributed by atoms with Gasteiger partial charge in [-0.25, -0.2) is 4.68 Å². The molecule has 2 aromatic rings. The number of carbonyl (C=O) groups excluding carboxylic acids is 1. The number of nitrogen functional groups attached to an aromatic ring is 1. The molecule has 126 valence electrons. The molecule has 0 spiro atoms. The lowest BCUT2D eigenvalue weighted by molar-refractivity contribution is -0.146. The van der Waals surface area contributed by atoms with Crippen molar-refractivity contribution in [1.82, 2.24) is 14.9 Å². The van der Waals surface area contributed by atoms with E-state index in [1.807, 2.05) is 6.07 Å². The third-order valence-corrected chi connectivity index (χ3v) is 3.89. The fourth-order valence-electron chi connectivity index (χ4n) is 1.67. The molecule has 0 saturated heterocycles. The summed E-state index contributed by atoms with van der Waals surface area (Å²) in [6.45, 7) is 1.48. The number of benzene rings is 1. The normalized spacial score (nSPS) is 12.5. The molecule has 0 radical (unpaired) electrons. The Morgan fingerprint density at radius 3 is 2.75 bits per heavy atom. The summed E-state index contributed by atoms with van der Waals surface area (Å²) in [4.78, 5) is 12.1. The molecule has 0 aliphatic carbocycles. The van der Waals surface area contributed by atoms with Crippen LogP contribution in [-0.2, 0) is 11.0 Å². The minimum atomic E-state index is -4.73. The maximum Gasteiger partial charge on any atom is 0.453 e. The van der Waals surface area contributed by atoms with Gasteiger partial charge in [-0.2, -0.15) is 18.4 Å². The summed E-state index contributed by atoms with van der Waals surface area (Å²) in [6.07, 6.45) is -4.73. The van der Waals surface area contributed by atoms with Crippen LogP contribution in [-0.4, -0.2) is 26.0 Å². The Kier molecular flexibility index (Phi) is 4.99. The van der Waals surface area contributed by atoms with Gasteiger partial charge in [0, 0.05) is 5.69 Å². The van der Waals surface area contributed by atoms with Crippen LogP contribution >= 0.6 is 11.8 Å². The largest absolute Gasteiger partial charge is 0.453 e. The van der Waals surface area contributed by atoms with Crippen LogP contribution in [0.4, 0.5) is 18.9 Å². The lowest BCUT2D eigenvalue weighted by Gasteiger charge is -2.12. The maximum atomic E-state index is 12.6. The lowest BCUT2D eigenvalue weighted by Crippen LogP contribution is -2.25. The van der Waals surface area contributed by atoms with E-state index in [9.17, 15) is 18.0 Å². The highest BCUT2D eigenvalue weighted by molar-refractivity contribution is 8.00. The van der Waals surface area contributed by atoms with Crippen LogP contribution in [0.25, 0.3) is 0 Å². The number of aromatic nitrogens is 3. The number of alkyl halides is 3. The van der Waals surface area contributed by atoms with Crippen LogP contribution in [0.3, 0.4) is 0 Å². The molecule has 0 bridgehead atoms. The second kappa shape index (κ2) is 6.79. The molecular formula is C13H11F3N6OS. The van der Waals surface area contributed by atoms with Gasteiger partial charge >= 0.3 is 6.18 Å². The minimum Gasteiger partial charge on any atom is -0.335 e. The van der Waals surface area contributed by atoms with Crippen molar-refractivity contribution in [3.63, 3.8) is 0 Å². The molecule has 24 heavy (non-hydrogen) atoms. The number of amides is 1. The van der Waals surface area contributed by atoms with Crippen LogP contribution in [0.15, 0.2) is 29.4 Å². The van der Waals surface area contributed by atoms with Crippen molar-refractivity contribution in [1.29, 1.82) is 5.26 Å². The predicted octanol–water partition coefficient (Wildman–Crippen LogP) is 2.00. The van der Waals surface area contributed by atoms with E-state index >= 15 is 0 Å². The third kappa shape index (κ3) is 3.96. The van der Waals surface area contributed by atoms with E-state index in [1.54, 1.807) is 18.2 Å². The molecule has 1 aromatic carbocycles. The van der Waals surface area contributed by atoms with Gasteiger partial charge in [0.25, 0.3) is 5.82 Å². The fraction of sp³-hybridized carbons (Fsp3) is 0.231. The van der Waals surface area contributed by atoms with Crippen LogP contribution < -0.4 is 11.2 Å². The van der Waals surface area contributed by atoms with Gasteiger partial charge in [-0.3, -0.25) is 4.79 Å². The molecule has 0 fully saturated rings. The topological polar surface area (TPSA) is 110 Å². The number of nitrogens with zero attached hydrogens (tertiary/aromatic N) is 4. The molecule has 0 aliphatic rings. The number of nitriles is 1. The number of hydrogen-bond acceptors (Lipinski definition) is 6. The summed E-state index contributed by atoms with van der Waals surface area (Å²) in [5.41, 5.74) is 0.765. The predicted molar refractivity (Wildman–Crippen MR) is 80.3 cm³/mol. The van der Waals surface area contributed by atoms with E-state index in [-0.39, 0.29) is 5.16 Å². The minimum absolute atomic E-state index is 0.240. The number of thioether (sulfide) groups is 1. The Bertz CT molecular complexity index is 798. The van der Waals surface area contributed by atoms with E-state index in [1.165, 1.54) is 13.0 Å². The number of hydrogen-bond donors (Lipinski definition) is 2. The summed E-state index contributed by atoms with van der Waals surface area (Å²) in [7, 11) is 0. The van der Waals surface area contributed by atoms with Crippen molar-refractivity contribution in [2.45, 2.75) is 23.5 Å². The molecule has 2 rings (SSSR count). The summed E-state index contributed by atoms with van der Waals surface area (Å²) in [5, 5.41) is 16.7. The Morgan fingerprint density at radius 1 is 1.46 bits per heavy atom. The second-order valence-corrected chi connectivity index (χ2v) is 5.92. The highest BCUT2D eigenvalue weighted by atomic mass is 32.2. The van der Waals surface area contributed by atoms with Gasteiger partial charge in [-0.15, -0.1) is 10.2 Å². The maximum absolute atomic E-state index is 12.6. The lowest BCUT2D eigenvalue weighted by atomic mass is 10.2. The van der Waals surface area contributed by atoms with Gasteiger partial charge in [0.1, 0.15) is 0 Å². The first-order chi connectivity index (χ1) is 11.2. The van der Waals surface area contributed by atoms with E-state index < -0.39 is 23.2 Å². The fourth-order valence-corrected chi connectivity index (χ4v) is 2.44. The van der Waals surface area contributed by atoms with Gasteiger partial charge < -0.3 is 11.2 Å². The van der Waals surface area contributed by atoms with Crippen molar-refractivity contribution in [3.8, 4) is 6.07 Å². The first-order valence-electron chi connectivity index (χ1n) is 6.47. The molecule has 0 saturated carbocycles. The van der Waals surface area contributed by atoms with Crippen LogP contribution in [0, 0.1) is 11.3 Å². The molecule has 11 heteroatoms. The Labute approximate surface area is 138 Å². The molecule has 1 unspecified atom stereocenters. The number of anilines is 1. The van der Waals surface area contributed by atoms with Gasteiger partial charge in [0.2, 0.25) is 11.1 Å². The SMILES string of the molecule is CC(Sc1nnc(C(F)(F)F)n1N)C(=O)Nc1cccc(C#N)c1. The average Bonchev–Trinajstić information content (AvgIpc) is 2.88. The number of halogens is 3. The van der Waals surface area contributed by atoms with E-state index in [0.717, 1.165) is 11.8 Å². The summed E-state index contributed by atoms with van der Waals surface area (Å²) >= 11 is 0.732. The highest BCUT2D eigenvalue weighted by Crippen LogP contribution is 2.30. The standard InChI is InChI=1S/C13H11F3N6OS/c1-7(10(23)19-9-4-2-3-8(5-9)6-17)24-12-21-20-11(22(12)18)13(14,15)16/h2-5,7H,18H2,1H3,(H,19,23). The van der Waals surface area contributed by atoms with Crippen molar-refractivity contribution in [3.05, 3.63) is 35.7 Å². The van der Waals surface area contributed by atoms with Gasteiger partial charge in [0.15, 0.2) is 0 Å². The van der Waals surface area contributed by atoms with Crippen molar-refractivity contribution >= 4 is 23.4 Å². The Morgan fingerprint density at radius 2 is 2.17 bits per heavy atom. The smallest absolute Gasteiger partial charge is 0.335 e. The molecule has 3 N–H and O–H groups in total. The van der Waals surface area contributed by atoms with Crippen molar-refractivity contribution in [2.75, 3.05) is 11.2 Å². The van der Waals surface area contributed by atoms with E-state index in [2.05, 4.69) is 15.5 Å². The third-order valence-electron chi connectivity index (χ3n) is 2.83. The second-order valence-electron chi connectivity index (χ2n) is 4.62. The summed E-state index contributed by atoms with van der Waals surface area (Å²) < 4.78 is 38.1. The van der Waals surface area contributed by atoms with Gasteiger partial charge in [0.05, 0.1) is 16.9 Å². The summed E-state index contributed by atoms with van der Waals surface area (Å²) in [6, 6.07) is 8.16. The quantitative estimate of drug-likeness (QED) is 0.640. The van der Waals surface area contributed by atoms with E-state index in [0.29, 0.717) is 15.9 Å². The zero-order chi connectivity index (χ0) is 17.9. The average molecular weight is 356 g/mol. The molecule has 1 atom stereocenters. The van der Waals surface area contributed by atoms with Gasteiger partial charge in [-0.1, -0.05) is 17.8 Å². The monoisotopic (exact) mass is 356 g/mol. The van der Waals surface area contributed by atoms with E-state index in [4.69, 9.17) is 11.1 Å². The highest BCUT2D eigenvalue weighted by Gasteiger charge is 2.38. The Hall–Kier alpha value is -2.74. The van der Waals surface area contributed by atoms with Crippen LogP contribution in [0.2, 0.25) is 0 Å². The molecule has 1 aromatic heterocycles. The molecule has 1 heterocycles. The molecule has 0 aliphatic heterocycles. The zero-order valence-electron chi connectivity index (χ0n) is 12.2. The number of carbonyl (C=O) groups is 1. The van der Waals surface area contributed by atoms with Crippen molar-refractivity contribution < 1.29 is 18.0 Å². The van der Waals surface area contributed by atoms with Crippen LogP contribution in [0.5, 0.6) is 0 Å². The molecule has 1 amide bonds. The van der Waals surface area contributed by atoms with Crippen LogP contribution in [0.1, 0.15) is 18.3 Å². The zero-order valence-corrected chi connectivity index (χ0v) is 13.0. The number of nitrogens with one attached hydrogen (secondary N) is 1. The molecular weight excluding hydrogens is 345 g/mol. The van der Waals surface area contributed by atoms with Gasteiger partial charge in [-0.05, 0) is 25.1 Å². The first kappa shape index (κ1) is 17.6.